The van der Waals surface area contributed by atoms with Crippen LogP contribution in [0.2, 0.25) is 0 Å². The molecule has 20 heavy (non-hydrogen) atoms. The van der Waals surface area contributed by atoms with Gasteiger partial charge in [0.25, 0.3) is 0 Å². The first-order valence-electron chi connectivity index (χ1n) is 7.16. The van der Waals surface area contributed by atoms with Crippen molar-refractivity contribution >= 4 is 0 Å². The Labute approximate surface area is 124 Å². The average Bonchev–Trinajstić information content (AvgIpc) is 2.40. The number of rotatable bonds is 9. The number of hydrogen-bond donors (Lipinski definition) is 1. The van der Waals surface area contributed by atoms with E-state index >= 15 is 0 Å². The van der Waals surface area contributed by atoms with Crippen LogP contribution in [-0.4, -0.2) is 13.7 Å². The monoisotopic (exact) mass is 275 g/mol. The molecule has 1 N–H and O–H groups in total. The molecule has 2 heteroatoms. The number of allylic oxidation sites excluding steroid dienone is 7. The van der Waals surface area contributed by atoms with E-state index in [2.05, 4.69) is 38.2 Å². The first-order chi connectivity index (χ1) is 9.60. The molecule has 0 unspecified atom stereocenters. The summed E-state index contributed by atoms with van der Waals surface area (Å²) < 4.78 is 5.18. The van der Waals surface area contributed by atoms with Gasteiger partial charge >= 0.3 is 0 Å². The van der Waals surface area contributed by atoms with Crippen LogP contribution in [0.15, 0.2) is 59.6 Å². The molecule has 0 aromatic rings. The molecule has 0 bridgehead atoms. The van der Waals surface area contributed by atoms with E-state index in [9.17, 15) is 0 Å². The van der Waals surface area contributed by atoms with Gasteiger partial charge in [-0.2, -0.15) is 0 Å². The summed E-state index contributed by atoms with van der Waals surface area (Å²) in [6, 6.07) is 0. The van der Waals surface area contributed by atoms with Crippen LogP contribution in [0, 0.1) is 0 Å². The first-order valence-corrected chi connectivity index (χ1v) is 7.16. The zero-order valence-electron chi connectivity index (χ0n) is 13.6. The fourth-order valence-electron chi connectivity index (χ4n) is 1.56. The summed E-state index contributed by atoms with van der Waals surface area (Å²) in [4.78, 5) is 0. The van der Waals surface area contributed by atoms with Gasteiger partial charge in [0.1, 0.15) is 5.76 Å². The molecule has 112 valence electrons. The minimum atomic E-state index is 0.846. The van der Waals surface area contributed by atoms with Gasteiger partial charge < -0.3 is 10.1 Å². The molecule has 0 atom stereocenters. The van der Waals surface area contributed by atoms with Crippen molar-refractivity contribution in [2.75, 3.05) is 13.7 Å². The Morgan fingerprint density at radius 1 is 1.15 bits per heavy atom. The van der Waals surface area contributed by atoms with E-state index in [4.69, 9.17) is 4.74 Å². The molecule has 2 nitrogen and oxygen atoms in total. The van der Waals surface area contributed by atoms with Gasteiger partial charge in [-0.1, -0.05) is 29.4 Å². The lowest BCUT2D eigenvalue weighted by molar-refractivity contribution is 0.307. The van der Waals surface area contributed by atoms with Crippen molar-refractivity contribution in [2.45, 2.75) is 40.5 Å². The lowest BCUT2D eigenvalue weighted by Crippen LogP contribution is -2.04. The van der Waals surface area contributed by atoms with E-state index < -0.39 is 0 Å². The lowest BCUT2D eigenvalue weighted by atomic mass is 10.1. The van der Waals surface area contributed by atoms with Crippen LogP contribution in [0.25, 0.3) is 0 Å². The van der Waals surface area contributed by atoms with Crippen LogP contribution in [0.1, 0.15) is 40.5 Å². The van der Waals surface area contributed by atoms with E-state index in [-0.39, 0.29) is 0 Å². The number of nitrogens with one attached hydrogen (secondary N) is 1. The quantitative estimate of drug-likeness (QED) is 0.280. The highest BCUT2D eigenvalue weighted by molar-refractivity contribution is 5.17. The fourth-order valence-corrected chi connectivity index (χ4v) is 1.56. The molecule has 0 fully saturated rings. The third-order valence-electron chi connectivity index (χ3n) is 2.70. The molecule has 0 saturated carbocycles. The highest BCUT2D eigenvalue weighted by Gasteiger charge is 1.88. The Hall–Kier alpha value is -1.70. The van der Waals surface area contributed by atoms with Crippen LogP contribution >= 0.6 is 0 Å². The fraction of sp³-hybridized carbons (Fsp3) is 0.444. The summed E-state index contributed by atoms with van der Waals surface area (Å²) in [5.41, 5.74) is 2.81. The SMILES string of the molecule is C\C=C/C(=C\C=C\NC/C=C(\C)CCC=C(C)C)OC. The van der Waals surface area contributed by atoms with Gasteiger partial charge in [0.15, 0.2) is 0 Å². The summed E-state index contributed by atoms with van der Waals surface area (Å²) in [5, 5.41) is 3.24. The molecule has 0 aromatic heterocycles. The van der Waals surface area contributed by atoms with Crippen molar-refractivity contribution in [3.63, 3.8) is 0 Å². The smallest absolute Gasteiger partial charge is 0.118 e. The van der Waals surface area contributed by atoms with Crippen molar-refractivity contribution < 1.29 is 4.74 Å². The summed E-state index contributed by atoms with van der Waals surface area (Å²) in [6.45, 7) is 9.29. The molecule has 0 heterocycles. The highest BCUT2D eigenvalue weighted by atomic mass is 16.5. The van der Waals surface area contributed by atoms with E-state index in [1.807, 2.05) is 37.4 Å². The van der Waals surface area contributed by atoms with Gasteiger partial charge in [0.2, 0.25) is 0 Å². The molecule has 0 aromatic carbocycles. The molecule has 0 amide bonds. The molecule has 0 aliphatic heterocycles. The Bertz CT molecular complexity index is 394. The van der Waals surface area contributed by atoms with Crippen molar-refractivity contribution in [1.82, 2.24) is 5.32 Å². The maximum absolute atomic E-state index is 5.18. The van der Waals surface area contributed by atoms with Crippen LogP contribution in [0.4, 0.5) is 0 Å². The van der Waals surface area contributed by atoms with Crippen molar-refractivity contribution in [2.24, 2.45) is 0 Å². The summed E-state index contributed by atoms with van der Waals surface area (Å²) in [5.74, 6) is 0.846. The Morgan fingerprint density at radius 2 is 1.90 bits per heavy atom. The molecule has 0 aliphatic rings. The standard InChI is InChI=1S/C18H29NO/c1-6-9-18(20-5)12-8-14-19-15-13-17(4)11-7-10-16(2)3/h6,8-10,12-14,19H,7,11,15H2,1-5H3/b9-6-,14-8+,17-13+,18-12+. The minimum absolute atomic E-state index is 0.846. The maximum Gasteiger partial charge on any atom is 0.118 e. The Morgan fingerprint density at radius 3 is 2.50 bits per heavy atom. The maximum atomic E-state index is 5.18. The number of hydrogen-bond acceptors (Lipinski definition) is 2. The van der Waals surface area contributed by atoms with Crippen LogP contribution < -0.4 is 5.32 Å². The zero-order valence-corrected chi connectivity index (χ0v) is 13.6. The van der Waals surface area contributed by atoms with Crippen LogP contribution in [0.5, 0.6) is 0 Å². The van der Waals surface area contributed by atoms with E-state index in [0.29, 0.717) is 0 Å². The topological polar surface area (TPSA) is 21.3 Å². The predicted molar refractivity (Wildman–Crippen MR) is 89.5 cm³/mol. The van der Waals surface area contributed by atoms with Crippen molar-refractivity contribution in [3.8, 4) is 0 Å². The summed E-state index contributed by atoms with van der Waals surface area (Å²) in [7, 11) is 1.67. The lowest BCUT2D eigenvalue weighted by Gasteiger charge is -2.00. The molecule has 0 radical (unpaired) electrons. The predicted octanol–water partition coefficient (Wildman–Crippen LogP) is 4.89. The third kappa shape index (κ3) is 11.4. The second kappa shape index (κ2) is 12.3. The largest absolute Gasteiger partial charge is 0.497 e. The van der Waals surface area contributed by atoms with Gasteiger partial charge in [0, 0.05) is 6.54 Å². The molecule has 0 saturated heterocycles. The van der Waals surface area contributed by atoms with Crippen LogP contribution in [0.3, 0.4) is 0 Å². The number of ether oxygens (including phenoxy) is 1. The molecule has 0 spiro atoms. The zero-order chi connectivity index (χ0) is 15.2. The van der Waals surface area contributed by atoms with Gasteiger partial charge in [-0.15, -0.1) is 0 Å². The normalized spacial score (nSPS) is 13.1. The highest BCUT2D eigenvalue weighted by Crippen LogP contribution is 2.05. The summed E-state index contributed by atoms with van der Waals surface area (Å²) >= 11 is 0. The molecular weight excluding hydrogens is 246 g/mol. The average molecular weight is 275 g/mol. The van der Waals surface area contributed by atoms with E-state index in [1.54, 1.807) is 7.11 Å². The van der Waals surface area contributed by atoms with Gasteiger partial charge in [-0.25, -0.2) is 0 Å². The first kappa shape index (κ1) is 18.3. The summed E-state index contributed by atoms with van der Waals surface area (Å²) in [6.07, 6.45) is 16.5. The minimum Gasteiger partial charge on any atom is -0.497 e. The molecule has 0 rings (SSSR count). The van der Waals surface area contributed by atoms with E-state index in [1.165, 1.54) is 11.1 Å². The third-order valence-corrected chi connectivity index (χ3v) is 2.70. The Kier molecular flexibility index (Phi) is 11.3. The van der Waals surface area contributed by atoms with Gasteiger partial charge in [0.05, 0.1) is 7.11 Å². The molecule has 0 aliphatic carbocycles. The van der Waals surface area contributed by atoms with Crippen molar-refractivity contribution in [3.05, 3.63) is 59.6 Å². The van der Waals surface area contributed by atoms with Gasteiger partial charge in [-0.3, -0.25) is 0 Å². The van der Waals surface area contributed by atoms with Gasteiger partial charge in [-0.05, 0) is 65.0 Å². The number of methoxy groups -OCH3 is 1. The Balaban J connectivity index is 3.97. The van der Waals surface area contributed by atoms with Crippen LogP contribution in [-0.2, 0) is 4.74 Å². The second-order valence-corrected chi connectivity index (χ2v) is 4.91. The second-order valence-electron chi connectivity index (χ2n) is 4.91. The van der Waals surface area contributed by atoms with Crippen molar-refractivity contribution in [1.29, 1.82) is 0 Å². The molecular formula is C18H29NO. The van der Waals surface area contributed by atoms with E-state index in [0.717, 1.165) is 25.1 Å².